The van der Waals surface area contributed by atoms with Gasteiger partial charge in [-0.1, -0.05) is 0 Å². The minimum absolute atomic E-state index is 0.0998. The Morgan fingerprint density at radius 3 is 2.58 bits per heavy atom. The minimum atomic E-state index is -0.0998. The Morgan fingerprint density at radius 2 is 2.00 bits per heavy atom. The van der Waals surface area contributed by atoms with Crippen LogP contribution in [0, 0.1) is 0 Å². The Kier molecular flexibility index (Phi) is 2.04. The number of aliphatic imine (C=N–C) groups is 1. The molecule has 1 aromatic carbocycles. The summed E-state index contributed by atoms with van der Waals surface area (Å²) in [7, 11) is -0.0998. The van der Waals surface area contributed by atoms with Crippen molar-refractivity contribution in [2.24, 2.45) is 4.99 Å². The summed E-state index contributed by atoms with van der Waals surface area (Å²) in [5.41, 5.74) is 8.53. The van der Waals surface area contributed by atoms with Gasteiger partial charge in [-0.2, -0.15) is 10.9 Å². The molecule has 12 heavy (non-hydrogen) atoms. The van der Waals surface area contributed by atoms with E-state index in [-0.39, 0.29) is 10.9 Å². The van der Waals surface area contributed by atoms with Crippen molar-refractivity contribution in [3.63, 3.8) is 0 Å². The molecular formula is C9H12N2S. The maximum atomic E-state index is 5.60. The number of nitrogens with two attached hydrogens (primary N) is 1. The molecule has 64 valence electrons. The molecule has 1 atom stereocenters. The van der Waals surface area contributed by atoms with Crippen molar-refractivity contribution in [2.75, 3.05) is 18.0 Å². The summed E-state index contributed by atoms with van der Waals surface area (Å²) < 4.78 is 0. The molecule has 3 heteroatoms. The van der Waals surface area contributed by atoms with E-state index in [1.807, 2.05) is 12.1 Å². The van der Waals surface area contributed by atoms with E-state index in [0.717, 1.165) is 12.2 Å². The normalized spacial score (nSPS) is 24.5. The fourth-order valence-corrected chi connectivity index (χ4v) is 2.92. The molecule has 1 heterocycles. The van der Waals surface area contributed by atoms with Crippen molar-refractivity contribution < 1.29 is 0 Å². The van der Waals surface area contributed by atoms with E-state index in [2.05, 4.69) is 22.7 Å². The summed E-state index contributed by atoms with van der Waals surface area (Å²) in [6.07, 6.45) is 0. The highest BCUT2D eigenvalue weighted by Gasteiger charge is 2.07. The molecule has 0 saturated heterocycles. The number of hydrogen-bond acceptors (Lipinski definition) is 2. The van der Waals surface area contributed by atoms with Crippen LogP contribution in [0.15, 0.2) is 34.2 Å². The first-order valence-corrected chi connectivity index (χ1v) is 5.58. The number of nitrogen functional groups attached to an aromatic ring is 1. The molecular weight excluding hydrogens is 168 g/mol. The summed E-state index contributed by atoms with van der Waals surface area (Å²) in [6, 6.07) is 8.14. The number of anilines is 1. The van der Waals surface area contributed by atoms with Gasteiger partial charge in [-0.15, -0.1) is 0 Å². The van der Waals surface area contributed by atoms with Crippen LogP contribution in [0.1, 0.15) is 0 Å². The van der Waals surface area contributed by atoms with Gasteiger partial charge in [0.25, 0.3) is 0 Å². The largest absolute Gasteiger partial charge is 0.399 e. The van der Waals surface area contributed by atoms with E-state index in [1.165, 1.54) is 10.6 Å². The molecule has 2 nitrogen and oxygen atoms in total. The lowest BCUT2D eigenvalue weighted by Gasteiger charge is -2.10. The molecule has 0 fully saturated rings. The van der Waals surface area contributed by atoms with Crippen LogP contribution in [0.3, 0.4) is 0 Å². The van der Waals surface area contributed by atoms with E-state index in [1.54, 1.807) is 0 Å². The second-order valence-corrected chi connectivity index (χ2v) is 4.94. The zero-order valence-corrected chi connectivity index (χ0v) is 7.67. The Balaban J connectivity index is 2.23. The highest BCUT2D eigenvalue weighted by Crippen LogP contribution is 2.36. The van der Waals surface area contributed by atoms with E-state index >= 15 is 0 Å². The average molecular weight is 180 g/mol. The molecule has 1 aliphatic rings. The Labute approximate surface area is 74.8 Å². The Hall–Kier alpha value is -0.960. The third-order valence-corrected chi connectivity index (χ3v) is 4.00. The summed E-state index contributed by atoms with van der Waals surface area (Å²) in [5.74, 6) is 1.21. The van der Waals surface area contributed by atoms with E-state index in [4.69, 9.17) is 5.73 Å². The zero-order chi connectivity index (χ0) is 8.39. The molecule has 0 bridgehead atoms. The predicted molar refractivity (Wildman–Crippen MR) is 56.3 cm³/mol. The van der Waals surface area contributed by atoms with Gasteiger partial charge in [-0.05, 0) is 29.2 Å². The maximum absolute atomic E-state index is 5.60. The van der Waals surface area contributed by atoms with Crippen LogP contribution < -0.4 is 5.73 Å². The van der Waals surface area contributed by atoms with Crippen molar-refractivity contribution in [3.8, 4) is 0 Å². The van der Waals surface area contributed by atoms with E-state index < -0.39 is 0 Å². The molecule has 1 aromatic rings. The molecule has 0 spiro atoms. The number of thiol groups is 1. The first-order valence-electron chi connectivity index (χ1n) is 3.98. The minimum Gasteiger partial charge on any atom is -0.399 e. The van der Waals surface area contributed by atoms with Crippen LogP contribution in [0.25, 0.3) is 0 Å². The van der Waals surface area contributed by atoms with Crippen molar-refractivity contribution >= 4 is 22.1 Å². The fraction of sp³-hybridized carbons (Fsp3) is 0.222. The third kappa shape index (κ3) is 1.46. The van der Waals surface area contributed by atoms with Gasteiger partial charge in [0.15, 0.2) is 0 Å². The second kappa shape index (κ2) is 3.19. The van der Waals surface area contributed by atoms with E-state index in [9.17, 15) is 0 Å². The highest BCUT2D eigenvalue weighted by molar-refractivity contribution is 8.28. The SMILES string of the molecule is Nc1ccc([SH]2C=NCC2)cc1. The standard InChI is InChI=1S/C9H12N2S/c10-8-1-3-9(4-2-8)12-6-5-11-7-12/h1-4,7,12H,5-6,10H2. The molecule has 1 unspecified atom stereocenters. The van der Waals surface area contributed by atoms with Gasteiger partial charge in [0.1, 0.15) is 0 Å². The smallest absolute Gasteiger partial charge is 0.0475 e. The van der Waals surface area contributed by atoms with Gasteiger partial charge >= 0.3 is 0 Å². The van der Waals surface area contributed by atoms with Crippen LogP contribution in [0.2, 0.25) is 0 Å². The maximum Gasteiger partial charge on any atom is 0.0475 e. The number of rotatable bonds is 1. The van der Waals surface area contributed by atoms with Crippen molar-refractivity contribution in [3.05, 3.63) is 24.3 Å². The quantitative estimate of drug-likeness (QED) is 0.501. The third-order valence-electron chi connectivity index (χ3n) is 1.92. The van der Waals surface area contributed by atoms with Gasteiger partial charge in [-0.25, -0.2) is 0 Å². The molecule has 0 radical (unpaired) electrons. The first-order chi connectivity index (χ1) is 5.86. The van der Waals surface area contributed by atoms with Crippen molar-refractivity contribution in [1.82, 2.24) is 0 Å². The zero-order valence-electron chi connectivity index (χ0n) is 6.77. The molecule has 0 aromatic heterocycles. The number of nitrogens with zero attached hydrogens (tertiary/aromatic N) is 1. The van der Waals surface area contributed by atoms with Crippen LogP contribution in [0.5, 0.6) is 0 Å². The molecule has 2 N–H and O–H groups in total. The van der Waals surface area contributed by atoms with Gasteiger partial charge in [0.2, 0.25) is 0 Å². The average Bonchev–Trinajstić information content (AvgIpc) is 2.58. The monoisotopic (exact) mass is 180 g/mol. The summed E-state index contributed by atoms with van der Waals surface area (Å²) in [5, 5.41) is 0. The Bertz CT molecular complexity index is 292. The lowest BCUT2D eigenvalue weighted by Crippen LogP contribution is -1.88. The first kappa shape index (κ1) is 7.68. The lowest BCUT2D eigenvalue weighted by molar-refractivity contribution is 1.18. The Morgan fingerprint density at radius 1 is 1.25 bits per heavy atom. The van der Waals surface area contributed by atoms with Crippen LogP contribution in [0.4, 0.5) is 5.69 Å². The molecule has 1 aliphatic heterocycles. The lowest BCUT2D eigenvalue weighted by atomic mass is 10.3. The fourth-order valence-electron chi connectivity index (χ4n) is 1.24. The van der Waals surface area contributed by atoms with Crippen LogP contribution in [-0.2, 0) is 0 Å². The van der Waals surface area contributed by atoms with Gasteiger partial charge in [0.05, 0.1) is 0 Å². The highest BCUT2D eigenvalue weighted by atomic mass is 32.2. The number of benzene rings is 1. The second-order valence-electron chi connectivity index (χ2n) is 2.81. The van der Waals surface area contributed by atoms with Crippen LogP contribution >= 0.6 is 10.9 Å². The topological polar surface area (TPSA) is 38.4 Å². The summed E-state index contributed by atoms with van der Waals surface area (Å²) in [6.45, 7) is 0.996. The molecule has 0 amide bonds. The van der Waals surface area contributed by atoms with Crippen molar-refractivity contribution in [1.29, 1.82) is 0 Å². The van der Waals surface area contributed by atoms with Crippen molar-refractivity contribution in [2.45, 2.75) is 4.90 Å². The van der Waals surface area contributed by atoms with Crippen LogP contribution in [-0.4, -0.2) is 17.8 Å². The van der Waals surface area contributed by atoms with Gasteiger partial charge in [-0.3, -0.25) is 4.99 Å². The molecule has 2 rings (SSSR count). The molecule has 0 saturated carbocycles. The van der Waals surface area contributed by atoms with Gasteiger partial charge < -0.3 is 5.73 Å². The summed E-state index contributed by atoms with van der Waals surface area (Å²) in [4.78, 5) is 5.63. The summed E-state index contributed by atoms with van der Waals surface area (Å²) >= 11 is 0. The van der Waals surface area contributed by atoms with E-state index in [0.29, 0.717) is 0 Å². The predicted octanol–water partition coefficient (Wildman–Crippen LogP) is 1.67. The van der Waals surface area contributed by atoms with Gasteiger partial charge in [0, 0.05) is 23.5 Å². The molecule has 0 aliphatic carbocycles. The number of hydrogen-bond donors (Lipinski definition) is 2.